The molecule has 11 nitrogen and oxygen atoms in total. The number of alkyl carbamates (subject to hydrolysis) is 1. The van der Waals surface area contributed by atoms with Gasteiger partial charge < -0.3 is 34.9 Å². The van der Waals surface area contributed by atoms with Gasteiger partial charge in [-0.3, -0.25) is 9.59 Å². The van der Waals surface area contributed by atoms with Crippen molar-refractivity contribution in [2.45, 2.75) is 38.5 Å². The first-order valence-corrected chi connectivity index (χ1v) is 9.55. The van der Waals surface area contributed by atoms with E-state index >= 15 is 0 Å². The van der Waals surface area contributed by atoms with Gasteiger partial charge in [0.05, 0.1) is 40.1 Å². The summed E-state index contributed by atoms with van der Waals surface area (Å²) in [6, 6.07) is -2.17. The Bertz CT molecular complexity index is 630. The van der Waals surface area contributed by atoms with E-state index in [9.17, 15) is 19.2 Å². The summed E-state index contributed by atoms with van der Waals surface area (Å²) in [4.78, 5) is 48.3. The van der Waals surface area contributed by atoms with Crippen molar-refractivity contribution in [1.29, 1.82) is 0 Å². The number of ether oxygens (including phenoxy) is 4. The van der Waals surface area contributed by atoms with E-state index in [-0.39, 0.29) is 26.4 Å². The topological polar surface area (TPSA) is 141 Å². The molecule has 0 aromatic heterocycles. The van der Waals surface area contributed by atoms with Gasteiger partial charge in [0.1, 0.15) is 11.6 Å². The number of hydrogen-bond acceptors (Lipinski definition) is 8. The van der Waals surface area contributed by atoms with Crippen molar-refractivity contribution < 1.29 is 38.1 Å². The lowest BCUT2D eigenvalue weighted by molar-refractivity contribution is -0.146. The van der Waals surface area contributed by atoms with Crippen molar-refractivity contribution >= 4 is 23.9 Å². The molecule has 2 atom stereocenters. The second-order valence-electron chi connectivity index (χ2n) is 7.21. The molecule has 3 amide bonds. The van der Waals surface area contributed by atoms with Gasteiger partial charge >= 0.3 is 12.1 Å². The highest BCUT2D eigenvalue weighted by Gasteiger charge is 2.26. The van der Waals surface area contributed by atoms with Gasteiger partial charge in [0.2, 0.25) is 11.8 Å². The Morgan fingerprint density at radius 1 is 0.935 bits per heavy atom. The summed E-state index contributed by atoms with van der Waals surface area (Å²) >= 11 is 0. The van der Waals surface area contributed by atoms with Crippen LogP contribution in [0.5, 0.6) is 0 Å². The molecule has 0 radical (unpaired) electrons. The van der Waals surface area contributed by atoms with Crippen molar-refractivity contribution in [3.05, 3.63) is 25.3 Å². The highest BCUT2D eigenvalue weighted by atomic mass is 16.6. The largest absolute Gasteiger partial charge is 0.467 e. The predicted octanol–water partition coefficient (Wildman–Crippen LogP) is 0.0589. The molecule has 0 bridgehead atoms. The van der Waals surface area contributed by atoms with Crippen LogP contribution < -0.4 is 16.0 Å². The molecule has 3 N–H and O–H groups in total. The van der Waals surface area contributed by atoms with Crippen LogP contribution in [-0.2, 0) is 33.3 Å². The quantitative estimate of drug-likeness (QED) is 0.194. The van der Waals surface area contributed by atoms with Gasteiger partial charge in [0.25, 0.3) is 0 Å². The molecular formula is C20H33N3O8. The third-order valence-electron chi connectivity index (χ3n) is 3.29. The molecule has 0 aliphatic rings. The van der Waals surface area contributed by atoms with Crippen molar-refractivity contribution in [3.63, 3.8) is 0 Å². The Balaban J connectivity index is 4.84. The second-order valence-corrected chi connectivity index (χ2v) is 7.21. The normalized spacial score (nSPS) is 12.6. The minimum atomic E-state index is -1.12. The molecule has 0 aliphatic carbocycles. The molecule has 0 heterocycles. The summed E-state index contributed by atoms with van der Waals surface area (Å²) in [5, 5.41) is 7.16. The van der Waals surface area contributed by atoms with Crippen LogP contribution in [0.15, 0.2) is 25.3 Å². The lowest BCUT2D eigenvalue weighted by atomic mass is 10.2. The summed E-state index contributed by atoms with van der Waals surface area (Å²) < 4.78 is 20.1. The Morgan fingerprint density at radius 3 is 1.97 bits per heavy atom. The maximum atomic E-state index is 12.4. The predicted molar refractivity (Wildman–Crippen MR) is 112 cm³/mol. The molecule has 0 aliphatic heterocycles. The van der Waals surface area contributed by atoms with Crippen LogP contribution in [0, 0.1) is 0 Å². The zero-order valence-electron chi connectivity index (χ0n) is 18.5. The molecule has 0 aromatic rings. The fourth-order valence-corrected chi connectivity index (χ4v) is 2.02. The van der Waals surface area contributed by atoms with E-state index in [1.54, 1.807) is 20.8 Å². The first kappa shape index (κ1) is 28.1. The van der Waals surface area contributed by atoms with E-state index in [1.165, 1.54) is 19.3 Å². The second kappa shape index (κ2) is 15.0. The number of amides is 3. The van der Waals surface area contributed by atoms with Gasteiger partial charge in [-0.25, -0.2) is 9.59 Å². The lowest BCUT2D eigenvalue weighted by Crippen LogP contribution is -2.53. The van der Waals surface area contributed by atoms with Crippen molar-refractivity contribution in [2.24, 2.45) is 0 Å². The monoisotopic (exact) mass is 443 g/mol. The maximum absolute atomic E-state index is 12.4. The lowest BCUT2D eigenvalue weighted by Gasteiger charge is -2.23. The third kappa shape index (κ3) is 13.8. The molecular weight excluding hydrogens is 410 g/mol. The molecule has 0 saturated heterocycles. The van der Waals surface area contributed by atoms with Crippen LogP contribution in [0.1, 0.15) is 20.8 Å². The van der Waals surface area contributed by atoms with E-state index < -0.39 is 48.1 Å². The molecule has 0 rings (SSSR count). The van der Waals surface area contributed by atoms with Gasteiger partial charge in [0.15, 0.2) is 6.04 Å². The van der Waals surface area contributed by atoms with Gasteiger partial charge in [-0.15, -0.1) is 13.2 Å². The molecule has 0 saturated carbocycles. The molecule has 11 heteroatoms. The van der Waals surface area contributed by atoms with Crippen molar-refractivity contribution in [3.8, 4) is 0 Å². The van der Waals surface area contributed by atoms with Gasteiger partial charge in [-0.2, -0.15) is 0 Å². The first-order valence-electron chi connectivity index (χ1n) is 9.55. The average molecular weight is 443 g/mol. The summed E-state index contributed by atoms with van der Waals surface area (Å²) in [7, 11) is 1.17. The standard InChI is InChI=1S/C20H33N3O8/c1-7-9-29-12-14(23-19(27)31-20(3,4)5)17(25)21-11-16(24)22-15(18(26)28-6)13-30-10-8-2/h7-8,14-15H,1-2,9-13H2,3-6H3,(H,21,25)(H,22,24)(H,23,27). The number of carbonyl (C=O) groups is 4. The fourth-order valence-electron chi connectivity index (χ4n) is 2.02. The van der Waals surface area contributed by atoms with Crippen molar-refractivity contribution in [2.75, 3.05) is 40.1 Å². The van der Waals surface area contributed by atoms with Crippen LogP contribution in [0.4, 0.5) is 4.79 Å². The number of nitrogens with one attached hydrogen (secondary N) is 3. The van der Waals surface area contributed by atoms with E-state index in [4.69, 9.17) is 14.2 Å². The summed E-state index contributed by atoms with van der Waals surface area (Å²) in [6.07, 6.45) is 2.16. The van der Waals surface area contributed by atoms with E-state index in [2.05, 4.69) is 33.8 Å². The van der Waals surface area contributed by atoms with Crippen LogP contribution in [0.25, 0.3) is 0 Å². The molecule has 31 heavy (non-hydrogen) atoms. The van der Waals surface area contributed by atoms with Crippen molar-refractivity contribution in [1.82, 2.24) is 16.0 Å². The zero-order valence-corrected chi connectivity index (χ0v) is 18.5. The maximum Gasteiger partial charge on any atom is 0.408 e. The molecule has 176 valence electrons. The number of esters is 1. The Kier molecular flexibility index (Phi) is 13.6. The van der Waals surface area contributed by atoms with E-state index in [1.807, 2.05) is 0 Å². The SMILES string of the molecule is C=CCOCC(NC(=O)OC(C)(C)C)C(=O)NCC(=O)NC(COCC=C)C(=O)OC. The highest BCUT2D eigenvalue weighted by molar-refractivity contribution is 5.91. The molecule has 0 fully saturated rings. The number of methoxy groups -OCH3 is 1. The fraction of sp³-hybridized carbons (Fsp3) is 0.600. The minimum absolute atomic E-state index is 0.128. The molecule has 0 spiro atoms. The average Bonchev–Trinajstić information content (AvgIpc) is 2.68. The minimum Gasteiger partial charge on any atom is -0.467 e. The molecule has 0 aromatic carbocycles. The Hall–Kier alpha value is -2.92. The smallest absolute Gasteiger partial charge is 0.408 e. The summed E-state index contributed by atoms with van der Waals surface area (Å²) in [5.74, 6) is -2.04. The van der Waals surface area contributed by atoms with Crippen LogP contribution in [-0.4, -0.2) is 81.6 Å². The van der Waals surface area contributed by atoms with Gasteiger partial charge in [-0.05, 0) is 20.8 Å². The van der Waals surface area contributed by atoms with Crippen LogP contribution >= 0.6 is 0 Å². The Labute approximate surface area is 182 Å². The van der Waals surface area contributed by atoms with Crippen LogP contribution in [0.2, 0.25) is 0 Å². The first-order chi connectivity index (χ1) is 14.5. The molecule has 2 unspecified atom stereocenters. The third-order valence-corrected chi connectivity index (χ3v) is 3.29. The zero-order chi connectivity index (χ0) is 23.9. The van der Waals surface area contributed by atoms with E-state index in [0.717, 1.165) is 0 Å². The number of hydrogen-bond donors (Lipinski definition) is 3. The number of carbonyl (C=O) groups excluding carboxylic acids is 4. The van der Waals surface area contributed by atoms with Gasteiger partial charge in [-0.1, -0.05) is 12.2 Å². The van der Waals surface area contributed by atoms with E-state index in [0.29, 0.717) is 0 Å². The van der Waals surface area contributed by atoms with Crippen LogP contribution in [0.3, 0.4) is 0 Å². The summed E-state index contributed by atoms with van der Waals surface area (Å²) in [5.41, 5.74) is -0.760. The number of rotatable bonds is 14. The summed E-state index contributed by atoms with van der Waals surface area (Å²) in [6.45, 7) is 11.6. The van der Waals surface area contributed by atoms with Gasteiger partial charge in [0, 0.05) is 0 Å². The highest BCUT2D eigenvalue weighted by Crippen LogP contribution is 2.07. The Morgan fingerprint density at radius 2 is 1.48 bits per heavy atom.